The van der Waals surface area contributed by atoms with E-state index in [0.717, 1.165) is 32.3 Å². The average Bonchev–Trinajstić information content (AvgIpc) is 2.47. The lowest BCUT2D eigenvalue weighted by Crippen LogP contribution is -2.49. The number of rotatable bonds is 5. The summed E-state index contributed by atoms with van der Waals surface area (Å²) in [7, 11) is 1.99. The number of ether oxygens (including phenoxy) is 1. The van der Waals surface area contributed by atoms with Gasteiger partial charge in [0.25, 0.3) is 0 Å². The zero-order valence-electron chi connectivity index (χ0n) is 12.2. The van der Waals surface area contributed by atoms with Crippen molar-refractivity contribution in [1.82, 2.24) is 10.6 Å². The van der Waals surface area contributed by atoms with Crippen molar-refractivity contribution in [3.05, 3.63) is 0 Å². The van der Waals surface area contributed by atoms with Crippen LogP contribution in [0.1, 0.15) is 57.8 Å². The maximum atomic E-state index is 12.1. The van der Waals surface area contributed by atoms with Crippen LogP contribution in [0.2, 0.25) is 0 Å². The zero-order valence-corrected chi connectivity index (χ0v) is 12.2. The second-order valence-corrected chi connectivity index (χ2v) is 6.06. The summed E-state index contributed by atoms with van der Waals surface area (Å²) >= 11 is 0. The van der Waals surface area contributed by atoms with Crippen LogP contribution in [-0.4, -0.2) is 37.7 Å². The van der Waals surface area contributed by atoms with Crippen molar-refractivity contribution in [2.24, 2.45) is 0 Å². The van der Waals surface area contributed by atoms with E-state index in [4.69, 9.17) is 4.74 Å². The van der Waals surface area contributed by atoms with Crippen molar-refractivity contribution >= 4 is 5.91 Å². The van der Waals surface area contributed by atoms with Gasteiger partial charge in [-0.1, -0.05) is 19.3 Å². The van der Waals surface area contributed by atoms with E-state index >= 15 is 0 Å². The summed E-state index contributed by atoms with van der Waals surface area (Å²) in [6.07, 6.45) is 10.3. The Kier molecular flexibility index (Phi) is 5.64. The number of carbonyl (C=O) groups is 1. The zero-order chi connectivity index (χ0) is 13.6. The maximum Gasteiger partial charge on any atom is 0.221 e. The summed E-state index contributed by atoms with van der Waals surface area (Å²) in [5.74, 6) is 0.172. The molecule has 0 aromatic carbocycles. The van der Waals surface area contributed by atoms with Gasteiger partial charge >= 0.3 is 0 Å². The normalized spacial score (nSPS) is 26.9. The highest BCUT2D eigenvalue weighted by atomic mass is 16.5. The van der Waals surface area contributed by atoms with Crippen LogP contribution in [0.25, 0.3) is 0 Å². The second kappa shape index (κ2) is 7.25. The first kappa shape index (κ1) is 14.8. The van der Waals surface area contributed by atoms with E-state index in [1.807, 2.05) is 7.05 Å². The predicted octanol–water partition coefficient (Wildman–Crippen LogP) is 1.98. The Morgan fingerprint density at radius 2 is 2.00 bits per heavy atom. The van der Waals surface area contributed by atoms with Gasteiger partial charge in [-0.15, -0.1) is 0 Å². The SMILES string of the molecule is CNC1(CC(=O)NCC2CCCCO2)CCCCC1. The third kappa shape index (κ3) is 4.46. The molecule has 0 bridgehead atoms. The molecule has 4 heteroatoms. The molecule has 1 saturated heterocycles. The number of carbonyl (C=O) groups excluding carboxylic acids is 1. The minimum absolute atomic E-state index is 0.0375. The quantitative estimate of drug-likeness (QED) is 0.801. The standard InChI is InChI=1S/C15H28N2O2/c1-16-15(8-4-2-5-9-15)11-14(18)17-12-13-7-3-6-10-19-13/h13,16H,2-12H2,1H3,(H,17,18). The molecule has 0 spiro atoms. The Labute approximate surface area is 116 Å². The van der Waals surface area contributed by atoms with Crippen LogP contribution in [0.3, 0.4) is 0 Å². The third-order valence-corrected chi connectivity index (χ3v) is 4.64. The summed E-state index contributed by atoms with van der Waals surface area (Å²) in [5, 5.41) is 6.45. The molecule has 1 aliphatic carbocycles. The largest absolute Gasteiger partial charge is 0.376 e. The molecule has 1 heterocycles. The van der Waals surface area contributed by atoms with Crippen molar-refractivity contribution in [3.63, 3.8) is 0 Å². The molecule has 1 atom stereocenters. The van der Waals surface area contributed by atoms with Gasteiger partial charge in [0.15, 0.2) is 0 Å². The van der Waals surface area contributed by atoms with E-state index in [9.17, 15) is 4.79 Å². The Hall–Kier alpha value is -0.610. The van der Waals surface area contributed by atoms with Crippen LogP contribution in [0.15, 0.2) is 0 Å². The van der Waals surface area contributed by atoms with E-state index in [1.54, 1.807) is 0 Å². The van der Waals surface area contributed by atoms with Gasteiger partial charge in [0.2, 0.25) is 5.91 Å². The third-order valence-electron chi connectivity index (χ3n) is 4.64. The van der Waals surface area contributed by atoms with E-state index in [-0.39, 0.29) is 17.6 Å². The lowest BCUT2D eigenvalue weighted by Gasteiger charge is -2.36. The minimum atomic E-state index is 0.0375. The van der Waals surface area contributed by atoms with Crippen LogP contribution in [-0.2, 0) is 9.53 Å². The number of amides is 1. The molecule has 0 aromatic rings. The van der Waals surface area contributed by atoms with Crippen molar-refractivity contribution in [3.8, 4) is 0 Å². The fourth-order valence-electron chi connectivity index (χ4n) is 3.31. The smallest absolute Gasteiger partial charge is 0.221 e. The second-order valence-electron chi connectivity index (χ2n) is 6.06. The molecule has 0 radical (unpaired) electrons. The Bertz CT molecular complexity index is 282. The highest BCUT2D eigenvalue weighted by molar-refractivity contribution is 5.77. The molecule has 1 unspecified atom stereocenters. The highest BCUT2D eigenvalue weighted by Crippen LogP contribution is 2.30. The minimum Gasteiger partial charge on any atom is -0.376 e. The van der Waals surface area contributed by atoms with Crippen molar-refractivity contribution in [1.29, 1.82) is 0 Å². The Morgan fingerprint density at radius 3 is 2.63 bits per heavy atom. The first-order chi connectivity index (χ1) is 9.24. The molecule has 1 amide bonds. The summed E-state index contributed by atoms with van der Waals surface area (Å²) < 4.78 is 5.64. The van der Waals surface area contributed by atoms with Gasteiger partial charge in [-0.25, -0.2) is 0 Å². The van der Waals surface area contributed by atoms with E-state index in [2.05, 4.69) is 10.6 Å². The van der Waals surface area contributed by atoms with Gasteiger partial charge in [-0.2, -0.15) is 0 Å². The molecule has 1 saturated carbocycles. The molecule has 4 nitrogen and oxygen atoms in total. The summed E-state index contributed by atoms with van der Waals surface area (Å²) in [5.41, 5.74) is 0.0375. The van der Waals surface area contributed by atoms with Crippen LogP contribution in [0.4, 0.5) is 0 Å². The van der Waals surface area contributed by atoms with Crippen molar-refractivity contribution in [2.45, 2.75) is 69.4 Å². The van der Waals surface area contributed by atoms with Gasteiger partial charge in [-0.3, -0.25) is 4.79 Å². The summed E-state index contributed by atoms with van der Waals surface area (Å²) in [6.45, 7) is 1.53. The molecule has 110 valence electrons. The first-order valence-corrected chi connectivity index (χ1v) is 7.81. The lowest BCUT2D eigenvalue weighted by atomic mass is 9.79. The van der Waals surface area contributed by atoms with Crippen LogP contribution >= 0.6 is 0 Å². The van der Waals surface area contributed by atoms with E-state index < -0.39 is 0 Å². The summed E-state index contributed by atoms with van der Waals surface area (Å²) in [6, 6.07) is 0. The van der Waals surface area contributed by atoms with Crippen molar-refractivity contribution in [2.75, 3.05) is 20.2 Å². The lowest BCUT2D eigenvalue weighted by molar-refractivity contribution is -0.123. The topological polar surface area (TPSA) is 50.4 Å². The molecule has 2 fully saturated rings. The van der Waals surface area contributed by atoms with Gasteiger partial charge < -0.3 is 15.4 Å². The van der Waals surface area contributed by atoms with Crippen molar-refractivity contribution < 1.29 is 9.53 Å². The van der Waals surface area contributed by atoms with E-state index in [1.165, 1.54) is 25.7 Å². The predicted molar refractivity (Wildman–Crippen MR) is 76.1 cm³/mol. The fraction of sp³-hybridized carbons (Fsp3) is 0.933. The molecule has 2 aliphatic rings. The van der Waals surface area contributed by atoms with Crippen LogP contribution in [0.5, 0.6) is 0 Å². The molecule has 19 heavy (non-hydrogen) atoms. The molecular formula is C15H28N2O2. The van der Waals surface area contributed by atoms with Crippen LogP contribution in [0, 0.1) is 0 Å². The maximum absolute atomic E-state index is 12.1. The first-order valence-electron chi connectivity index (χ1n) is 7.81. The average molecular weight is 268 g/mol. The van der Waals surface area contributed by atoms with Gasteiger partial charge in [0.05, 0.1) is 6.10 Å². The molecule has 0 aromatic heterocycles. The van der Waals surface area contributed by atoms with Gasteiger partial charge in [0.1, 0.15) is 0 Å². The monoisotopic (exact) mass is 268 g/mol. The number of hydrogen-bond acceptors (Lipinski definition) is 3. The van der Waals surface area contributed by atoms with Gasteiger partial charge in [0, 0.05) is 25.1 Å². The fourth-order valence-corrected chi connectivity index (χ4v) is 3.31. The van der Waals surface area contributed by atoms with Crippen LogP contribution < -0.4 is 10.6 Å². The molecule has 1 aliphatic heterocycles. The number of hydrogen-bond donors (Lipinski definition) is 2. The van der Waals surface area contributed by atoms with E-state index in [0.29, 0.717) is 13.0 Å². The summed E-state index contributed by atoms with van der Waals surface area (Å²) in [4.78, 5) is 12.1. The Morgan fingerprint density at radius 1 is 1.21 bits per heavy atom. The number of nitrogens with one attached hydrogen (secondary N) is 2. The van der Waals surface area contributed by atoms with Gasteiger partial charge in [-0.05, 0) is 39.2 Å². The molecule has 2 N–H and O–H groups in total. The highest BCUT2D eigenvalue weighted by Gasteiger charge is 2.32. The Balaban J connectivity index is 1.72. The molecular weight excluding hydrogens is 240 g/mol. The molecule has 2 rings (SSSR count).